The maximum Gasteiger partial charge on any atom is 0.264 e. The van der Waals surface area contributed by atoms with Gasteiger partial charge in [-0.2, -0.15) is 0 Å². The summed E-state index contributed by atoms with van der Waals surface area (Å²) >= 11 is 0. The van der Waals surface area contributed by atoms with Crippen molar-refractivity contribution >= 4 is 21.6 Å². The van der Waals surface area contributed by atoms with Crippen LogP contribution < -0.4 is 28.6 Å². The van der Waals surface area contributed by atoms with Crippen molar-refractivity contribution < 1.29 is 32.2 Å². The van der Waals surface area contributed by atoms with E-state index in [1.54, 1.807) is 43.5 Å². The molecule has 0 spiro atoms. The monoisotopic (exact) mass is 514 g/mol. The maximum absolute atomic E-state index is 13.6. The first-order chi connectivity index (χ1) is 17.3. The molecule has 0 aromatic heterocycles. The van der Waals surface area contributed by atoms with Crippen LogP contribution in [0.15, 0.2) is 71.6 Å². The largest absolute Gasteiger partial charge is 0.493 e. The average Bonchev–Trinajstić information content (AvgIpc) is 2.89. The van der Waals surface area contributed by atoms with Gasteiger partial charge < -0.3 is 24.3 Å². The highest BCUT2D eigenvalue weighted by atomic mass is 32.2. The Bertz CT molecular complexity index is 1280. The van der Waals surface area contributed by atoms with Gasteiger partial charge in [-0.3, -0.25) is 9.10 Å². The third kappa shape index (κ3) is 6.39. The van der Waals surface area contributed by atoms with Gasteiger partial charge in [-0.25, -0.2) is 8.42 Å². The van der Waals surface area contributed by atoms with E-state index in [4.69, 9.17) is 18.9 Å². The van der Waals surface area contributed by atoms with Crippen LogP contribution in [0, 0.1) is 6.92 Å². The molecule has 0 aliphatic heterocycles. The number of methoxy groups -OCH3 is 3. The Morgan fingerprint density at radius 1 is 0.833 bits per heavy atom. The van der Waals surface area contributed by atoms with Crippen LogP contribution in [0.5, 0.6) is 23.0 Å². The number of carbonyl (C=O) groups excluding carboxylic acids is 1. The Hall–Kier alpha value is -3.92. The summed E-state index contributed by atoms with van der Waals surface area (Å²) in [6, 6.07) is 18.3. The minimum Gasteiger partial charge on any atom is -0.493 e. The van der Waals surface area contributed by atoms with Gasteiger partial charge in [0, 0.05) is 6.07 Å². The molecular formula is C26H30N2O7S. The molecule has 0 radical (unpaired) electrons. The Kier molecular flexibility index (Phi) is 9.02. The van der Waals surface area contributed by atoms with Gasteiger partial charge in [-0.15, -0.1) is 0 Å². The number of sulfonamides is 1. The molecule has 0 saturated carbocycles. The summed E-state index contributed by atoms with van der Waals surface area (Å²) in [5, 5.41) is 2.71. The van der Waals surface area contributed by atoms with Gasteiger partial charge in [0.05, 0.1) is 38.5 Å². The number of hydrogen-bond donors (Lipinski definition) is 1. The Morgan fingerprint density at radius 2 is 1.44 bits per heavy atom. The number of rotatable bonds is 12. The number of nitrogens with one attached hydrogen (secondary N) is 1. The minimum absolute atomic E-state index is 0.0650. The van der Waals surface area contributed by atoms with E-state index in [9.17, 15) is 13.2 Å². The number of amides is 1. The van der Waals surface area contributed by atoms with E-state index in [1.165, 1.54) is 32.4 Å². The van der Waals surface area contributed by atoms with Crippen LogP contribution >= 0.6 is 0 Å². The highest BCUT2D eigenvalue weighted by molar-refractivity contribution is 7.92. The zero-order valence-electron chi connectivity index (χ0n) is 20.7. The molecule has 1 N–H and O–H groups in total. The number of carbonyl (C=O) groups is 1. The summed E-state index contributed by atoms with van der Waals surface area (Å²) in [6.07, 6.45) is 0. The van der Waals surface area contributed by atoms with Gasteiger partial charge in [0.15, 0.2) is 23.0 Å². The number of nitrogens with zero attached hydrogens (tertiary/aromatic N) is 1. The fourth-order valence-corrected chi connectivity index (χ4v) is 4.82. The van der Waals surface area contributed by atoms with Crippen molar-refractivity contribution in [3.63, 3.8) is 0 Å². The lowest BCUT2D eigenvalue weighted by Gasteiger charge is -2.25. The smallest absolute Gasteiger partial charge is 0.264 e. The van der Waals surface area contributed by atoms with Crippen molar-refractivity contribution in [2.45, 2.75) is 11.8 Å². The van der Waals surface area contributed by atoms with E-state index in [-0.39, 0.29) is 23.7 Å². The number of aryl methyl sites for hydroxylation is 1. The standard InChI is InChI=1S/C26H30N2O7S/c1-19-9-12-21(13-10-19)36(30,31)28(20-11-14-23(33-3)25(17-20)34-4)18-26(29)27-15-16-35-24-8-6-5-7-22(24)32-2/h5-14,17H,15-16,18H2,1-4H3,(H,27,29). The van der Waals surface area contributed by atoms with Crippen LogP contribution in [0.4, 0.5) is 5.69 Å². The van der Waals surface area contributed by atoms with Crippen molar-refractivity contribution in [1.29, 1.82) is 0 Å². The van der Waals surface area contributed by atoms with Crippen molar-refractivity contribution in [3.8, 4) is 23.0 Å². The lowest BCUT2D eigenvalue weighted by Crippen LogP contribution is -2.42. The summed E-state index contributed by atoms with van der Waals surface area (Å²) < 4.78 is 49.7. The Morgan fingerprint density at radius 3 is 2.08 bits per heavy atom. The quantitative estimate of drug-likeness (QED) is 0.370. The number of ether oxygens (including phenoxy) is 4. The SMILES string of the molecule is COc1ccc(N(CC(=O)NCCOc2ccccc2OC)S(=O)(=O)c2ccc(C)cc2)cc1OC. The van der Waals surface area contributed by atoms with Crippen molar-refractivity contribution in [2.24, 2.45) is 0 Å². The fraction of sp³-hybridized carbons (Fsp3) is 0.269. The van der Waals surface area contributed by atoms with Crippen LogP contribution in [-0.2, 0) is 14.8 Å². The van der Waals surface area contributed by atoms with Crippen LogP contribution in [0.1, 0.15) is 5.56 Å². The van der Waals surface area contributed by atoms with Crippen LogP contribution in [0.2, 0.25) is 0 Å². The second kappa shape index (κ2) is 12.2. The van der Waals surface area contributed by atoms with Crippen LogP contribution in [-0.4, -0.2) is 55.4 Å². The molecule has 0 unspecified atom stereocenters. The van der Waals surface area contributed by atoms with E-state index in [0.717, 1.165) is 9.87 Å². The predicted molar refractivity (Wildman–Crippen MR) is 137 cm³/mol. The number of hydrogen-bond acceptors (Lipinski definition) is 7. The van der Waals surface area contributed by atoms with E-state index >= 15 is 0 Å². The highest BCUT2D eigenvalue weighted by Gasteiger charge is 2.28. The second-order valence-electron chi connectivity index (χ2n) is 7.71. The molecule has 192 valence electrons. The number of anilines is 1. The first-order valence-corrected chi connectivity index (χ1v) is 12.6. The molecular weight excluding hydrogens is 484 g/mol. The first-order valence-electron chi connectivity index (χ1n) is 11.1. The summed E-state index contributed by atoms with van der Waals surface area (Å²) in [6.45, 7) is 1.76. The van der Waals surface area contributed by atoms with Gasteiger partial charge in [-0.05, 0) is 43.3 Å². The third-order valence-electron chi connectivity index (χ3n) is 5.30. The maximum atomic E-state index is 13.6. The molecule has 1 amide bonds. The zero-order valence-corrected chi connectivity index (χ0v) is 21.5. The van der Waals surface area contributed by atoms with Gasteiger partial charge >= 0.3 is 0 Å². The van der Waals surface area contributed by atoms with Gasteiger partial charge in [0.1, 0.15) is 13.2 Å². The van der Waals surface area contributed by atoms with Crippen molar-refractivity contribution in [1.82, 2.24) is 5.32 Å². The number of benzene rings is 3. The molecule has 0 aliphatic rings. The fourth-order valence-electron chi connectivity index (χ4n) is 3.41. The van der Waals surface area contributed by atoms with E-state index < -0.39 is 22.5 Å². The van der Waals surface area contributed by atoms with E-state index in [1.807, 2.05) is 19.1 Å². The molecule has 3 aromatic carbocycles. The zero-order chi connectivity index (χ0) is 26.1. The second-order valence-corrected chi connectivity index (χ2v) is 9.58. The molecule has 3 aromatic rings. The lowest BCUT2D eigenvalue weighted by molar-refractivity contribution is -0.119. The molecule has 0 aliphatic carbocycles. The Labute approximate surface area is 211 Å². The molecule has 10 heteroatoms. The molecule has 9 nitrogen and oxygen atoms in total. The Balaban J connectivity index is 1.78. The molecule has 0 saturated heterocycles. The molecule has 0 atom stereocenters. The topological polar surface area (TPSA) is 103 Å². The van der Waals surface area contributed by atoms with Gasteiger partial charge in [0.25, 0.3) is 10.0 Å². The summed E-state index contributed by atoms with van der Waals surface area (Å²) in [7, 11) is 0.416. The molecule has 0 bridgehead atoms. The van der Waals surface area contributed by atoms with Gasteiger partial charge in [0.2, 0.25) is 5.91 Å². The van der Waals surface area contributed by atoms with Crippen molar-refractivity contribution in [3.05, 3.63) is 72.3 Å². The molecule has 0 fully saturated rings. The van der Waals surface area contributed by atoms with Crippen LogP contribution in [0.3, 0.4) is 0 Å². The third-order valence-corrected chi connectivity index (χ3v) is 7.09. The molecule has 0 heterocycles. The average molecular weight is 515 g/mol. The first kappa shape index (κ1) is 26.7. The molecule has 3 rings (SSSR count). The summed E-state index contributed by atoms with van der Waals surface area (Å²) in [4.78, 5) is 12.9. The summed E-state index contributed by atoms with van der Waals surface area (Å²) in [5.41, 5.74) is 1.17. The van der Waals surface area contributed by atoms with E-state index in [2.05, 4.69) is 5.32 Å². The summed E-state index contributed by atoms with van der Waals surface area (Å²) in [5.74, 6) is 1.40. The highest BCUT2D eigenvalue weighted by Crippen LogP contribution is 2.33. The normalized spacial score (nSPS) is 10.9. The van der Waals surface area contributed by atoms with Gasteiger partial charge in [-0.1, -0.05) is 29.8 Å². The number of para-hydroxylation sites is 2. The van der Waals surface area contributed by atoms with Crippen molar-refractivity contribution in [2.75, 3.05) is 45.3 Å². The lowest BCUT2D eigenvalue weighted by atomic mass is 10.2. The van der Waals surface area contributed by atoms with Crippen LogP contribution in [0.25, 0.3) is 0 Å². The minimum atomic E-state index is -4.06. The molecule has 36 heavy (non-hydrogen) atoms. The predicted octanol–water partition coefficient (Wildman–Crippen LogP) is 3.41. The van der Waals surface area contributed by atoms with E-state index in [0.29, 0.717) is 23.0 Å².